The third-order valence-electron chi connectivity index (χ3n) is 6.68. The number of nitrogens with zero attached hydrogens (tertiary/aromatic N) is 9. The molecule has 430 valence electrons. The normalized spacial score (nSPS) is 13.3. The van der Waals surface area contributed by atoms with E-state index in [-0.39, 0.29) is 0 Å². The van der Waals surface area contributed by atoms with Gasteiger partial charge in [0.1, 0.15) is 14.8 Å². The number of imidazole rings is 3. The molecule has 0 fully saturated rings. The van der Waals surface area contributed by atoms with E-state index < -0.39 is 89.1 Å². The highest BCUT2D eigenvalue weighted by molar-refractivity contribution is 7.18. The van der Waals surface area contributed by atoms with Crippen molar-refractivity contribution in [1.82, 2.24) is 27.6 Å². The fourth-order valence-electron chi connectivity index (χ4n) is 4.78. The van der Waals surface area contributed by atoms with Crippen molar-refractivity contribution in [2.24, 2.45) is 14.0 Å². The Labute approximate surface area is 473 Å². The summed E-state index contributed by atoms with van der Waals surface area (Å²) < 4.78 is 37.5. The number of aromatic nitrogens is 6. The molecule has 0 aromatic carbocycles. The molecule has 0 saturated carbocycles. The molecule has 0 spiro atoms. The summed E-state index contributed by atoms with van der Waals surface area (Å²) in [5.41, 5.74) is 0. The second-order valence-electron chi connectivity index (χ2n) is 28.6. The van der Waals surface area contributed by atoms with Crippen molar-refractivity contribution in [3.63, 3.8) is 0 Å². The van der Waals surface area contributed by atoms with Crippen molar-refractivity contribution in [3.05, 3.63) is 56.2 Å². The monoisotopic (exact) mass is 1250 g/mol. The summed E-state index contributed by atoms with van der Waals surface area (Å²) >= 11 is 11.3. The van der Waals surface area contributed by atoms with Gasteiger partial charge in [0, 0.05) is 58.0 Å². The van der Waals surface area contributed by atoms with E-state index in [1.165, 1.54) is 0 Å². The molecule has 0 aliphatic rings. The number of hydrogen-bond acceptors (Lipinski definition) is 9. The lowest BCUT2D eigenvalue weighted by molar-refractivity contribution is 0.548. The van der Waals surface area contributed by atoms with Crippen molar-refractivity contribution >= 4 is 129 Å². The second kappa shape index (κ2) is 34.1. The lowest BCUT2D eigenvalue weighted by atomic mass is 10.8. The summed E-state index contributed by atoms with van der Waals surface area (Å²) in [5.74, 6) is 2.65. The molecule has 0 unspecified atom stereocenters. The number of halogens is 2. The first-order valence-corrected chi connectivity index (χ1v) is 65.6. The largest absolute Gasteiger partial charge is 0.535 e. The average Bonchev–Trinajstić information content (AvgIpc) is 3.83. The van der Waals surface area contributed by atoms with E-state index in [0.29, 0.717) is 0 Å². The zero-order chi connectivity index (χ0) is 59.7. The first-order valence-electron chi connectivity index (χ1n) is 25.7. The van der Waals surface area contributed by atoms with Crippen molar-refractivity contribution in [3.8, 4) is 0 Å². The van der Waals surface area contributed by atoms with E-state index in [1.807, 2.05) is 76.9 Å². The highest BCUT2D eigenvalue weighted by Gasteiger charge is 2.22. The molecular formula is C48H117Cl2N9O3Si11. The van der Waals surface area contributed by atoms with Gasteiger partial charge in [0.25, 0.3) is 0 Å². The summed E-state index contributed by atoms with van der Waals surface area (Å²) in [7, 11) is -13.9. The van der Waals surface area contributed by atoms with Crippen LogP contribution in [0.15, 0.2) is 70.1 Å². The highest BCUT2D eigenvalue weighted by Crippen LogP contribution is 2.11. The minimum Gasteiger partial charge on any atom is -0.535 e. The summed E-state index contributed by atoms with van der Waals surface area (Å²) in [5, 5.41) is 0. The SMILES string of the molecule is C/C(=N\[Si](C)(C)C)O[Si](C)(C)C.C/C(=N\[Si](C)(C)C)O[Si](C)(C)C.C/C(=N\[Si](C)(C)C)O[Si](C)(C)C.C[Si](C)(C)Cl.C[Si](C)(C)Cl.C[Si](C)(C)n1ccnc1.C[Si](C)(C)n1ccnc1.C[Si](C)(C)n1ccnc1. The second-order valence-corrected chi connectivity index (χ2v) is 85.2. The smallest absolute Gasteiger partial charge is 0.243 e. The fraction of sp³-hybridized carbons (Fsp3) is 0.750. The minimum absolute atomic E-state index is 0.883. The third kappa shape index (κ3) is 73.1. The van der Waals surface area contributed by atoms with Crippen LogP contribution in [0, 0.1) is 0 Å². The Hall–Kier alpha value is -0.994. The molecule has 0 aliphatic carbocycles. The Balaban J connectivity index is -0.000000245. The van der Waals surface area contributed by atoms with Crippen molar-refractivity contribution in [2.45, 2.75) is 237 Å². The van der Waals surface area contributed by atoms with Crippen LogP contribution in [0.1, 0.15) is 20.8 Å². The van der Waals surface area contributed by atoms with E-state index in [9.17, 15) is 0 Å². The summed E-state index contributed by atoms with van der Waals surface area (Å²) in [6.45, 7) is 78.5. The van der Waals surface area contributed by atoms with Crippen LogP contribution in [0.2, 0.25) is 216 Å². The van der Waals surface area contributed by atoms with E-state index in [2.05, 4.69) is 258 Å². The van der Waals surface area contributed by atoms with Gasteiger partial charge in [0.15, 0.2) is 67.1 Å². The molecule has 73 heavy (non-hydrogen) atoms. The van der Waals surface area contributed by atoms with Crippen LogP contribution in [0.5, 0.6) is 0 Å². The quantitative estimate of drug-likeness (QED) is 0.0911. The van der Waals surface area contributed by atoms with Gasteiger partial charge >= 0.3 is 0 Å². The van der Waals surface area contributed by atoms with E-state index >= 15 is 0 Å². The maximum atomic E-state index is 5.74. The van der Waals surface area contributed by atoms with Crippen LogP contribution in [0.4, 0.5) is 0 Å². The lowest BCUT2D eigenvalue weighted by Gasteiger charge is -2.21. The predicted octanol–water partition coefficient (Wildman–Crippen LogP) is 18.1. The van der Waals surface area contributed by atoms with Crippen LogP contribution < -0.4 is 0 Å². The summed E-state index contributed by atoms with van der Waals surface area (Å²) in [6, 6.07) is 0. The van der Waals surface area contributed by atoms with Gasteiger partial charge in [-0.1, -0.05) is 98.2 Å². The van der Waals surface area contributed by atoms with Gasteiger partial charge in [-0.15, -0.1) is 0 Å². The molecule has 0 atom stereocenters. The van der Waals surface area contributed by atoms with Crippen LogP contribution >= 0.6 is 22.2 Å². The predicted molar refractivity (Wildman–Crippen MR) is 364 cm³/mol. The minimum atomic E-state index is -1.43. The van der Waals surface area contributed by atoms with Crippen LogP contribution in [-0.2, 0) is 13.3 Å². The molecule has 3 aromatic rings. The number of hydrogen-bond donors (Lipinski definition) is 0. The molecular weight excluding hydrogens is 1130 g/mol. The molecule has 0 amide bonds. The van der Waals surface area contributed by atoms with Crippen molar-refractivity contribution in [1.29, 1.82) is 0 Å². The lowest BCUT2D eigenvalue weighted by Crippen LogP contribution is -2.30. The Kier molecular flexibility index (Phi) is 37.8. The first-order chi connectivity index (χ1) is 31.6. The zero-order valence-corrected chi connectivity index (χ0v) is 66.7. The Bertz CT molecular complexity index is 1700. The van der Waals surface area contributed by atoms with Crippen LogP contribution in [-0.4, -0.2) is 134 Å². The van der Waals surface area contributed by atoms with Crippen LogP contribution in [0.3, 0.4) is 0 Å². The topological polar surface area (TPSA) is 118 Å². The van der Waals surface area contributed by atoms with E-state index in [0.717, 1.165) is 17.7 Å². The molecule has 3 aromatic heterocycles. The van der Waals surface area contributed by atoms with E-state index in [1.54, 1.807) is 0 Å². The molecule has 0 saturated heterocycles. The molecule has 3 heterocycles. The molecule has 0 bridgehead atoms. The van der Waals surface area contributed by atoms with Crippen molar-refractivity contribution < 1.29 is 13.3 Å². The number of rotatable bonds is 9. The Morgan fingerprint density at radius 2 is 0.479 bits per heavy atom. The van der Waals surface area contributed by atoms with Gasteiger partial charge in [-0.3, -0.25) is 14.0 Å². The van der Waals surface area contributed by atoms with Gasteiger partial charge in [-0.05, 0) is 118 Å². The molecule has 0 N–H and O–H groups in total. The molecule has 0 aliphatic heterocycles. The molecule has 12 nitrogen and oxygen atoms in total. The fourth-order valence-corrected chi connectivity index (χ4v) is 13.6. The maximum Gasteiger partial charge on any atom is 0.243 e. The van der Waals surface area contributed by atoms with Crippen LogP contribution in [0.25, 0.3) is 0 Å². The van der Waals surface area contributed by atoms with Gasteiger partial charge in [0.05, 0.1) is 19.0 Å². The highest BCUT2D eigenvalue weighted by atomic mass is 35.6. The third-order valence-corrected chi connectivity index (χ3v) is 17.8. The molecule has 3 rings (SSSR count). The standard InChI is InChI=1S/3C8H21NOSi2.3C6H12N2Si.2C3H9ClSi/c3*1-8(9-11(2,3)4)10-12(5,6)7;3*1-9(2,3)8-5-4-7-6-8;2*1-5(2,3)4/h3*1-7H3;3*4-6H,1-3H3;2*1-3H3/b3*9-8+;;;;;. The van der Waals surface area contributed by atoms with Gasteiger partial charge in [0.2, 0.25) is 25.0 Å². The summed E-state index contributed by atoms with van der Waals surface area (Å²) in [6.07, 6.45) is 17.3. The Morgan fingerprint density at radius 1 is 0.329 bits per heavy atom. The van der Waals surface area contributed by atoms with Crippen molar-refractivity contribution in [2.75, 3.05) is 0 Å². The summed E-state index contributed by atoms with van der Waals surface area (Å²) in [4.78, 5) is 12.0. The Morgan fingerprint density at radius 3 is 0.548 bits per heavy atom. The zero-order valence-electron chi connectivity index (χ0n) is 54.2. The van der Waals surface area contributed by atoms with Gasteiger partial charge in [-0.2, -0.15) is 22.2 Å². The first kappa shape index (κ1) is 80.9. The molecule has 0 radical (unpaired) electrons. The van der Waals surface area contributed by atoms with Gasteiger partial charge < -0.3 is 26.0 Å². The maximum absolute atomic E-state index is 5.74. The van der Waals surface area contributed by atoms with Gasteiger partial charge in [-0.25, -0.2) is 15.0 Å². The average molecular weight is 1250 g/mol. The van der Waals surface area contributed by atoms with E-state index in [4.69, 9.17) is 35.4 Å². The molecule has 25 heteroatoms.